The molecule has 3 aromatic rings. The van der Waals surface area contributed by atoms with Gasteiger partial charge in [-0.25, -0.2) is 0 Å². The van der Waals surface area contributed by atoms with Gasteiger partial charge in [-0.3, -0.25) is 0 Å². The van der Waals surface area contributed by atoms with Crippen LogP contribution in [-0.4, -0.2) is 64.1 Å². The second-order valence-corrected chi connectivity index (χ2v) is 9.35. The van der Waals surface area contributed by atoms with Crippen molar-refractivity contribution >= 4 is 0 Å². The number of ether oxygens (including phenoxy) is 2. The standard InChI is InChI=1S/C25H28F3N5O2/c1-34-22-9-8-20(33-23(25(26,27)28)29-30-31-33)14-21(22)19-15-24(35-16-19)11-5-12-32(17-24)13-10-18-6-3-2-4-7-18/h2-4,6-9,14,19H,5,10-13,15-17H2,1H3/t19-,24+/m0/s1. The highest BCUT2D eigenvalue weighted by molar-refractivity contribution is 5.46. The maximum atomic E-state index is 13.3. The summed E-state index contributed by atoms with van der Waals surface area (Å²) in [4.78, 5) is 2.46. The molecule has 0 amide bonds. The van der Waals surface area contributed by atoms with Gasteiger partial charge in [-0.2, -0.15) is 17.9 Å². The summed E-state index contributed by atoms with van der Waals surface area (Å²) in [6.07, 6.45) is -0.855. The van der Waals surface area contributed by atoms with Crippen LogP contribution in [0.15, 0.2) is 48.5 Å². The number of benzene rings is 2. The van der Waals surface area contributed by atoms with Gasteiger partial charge in [0.25, 0.3) is 5.82 Å². The Kier molecular flexibility index (Phi) is 6.50. The molecule has 0 bridgehead atoms. The van der Waals surface area contributed by atoms with Crippen molar-refractivity contribution in [3.8, 4) is 11.4 Å². The van der Waals surface area contributed by atoms with Crippen LogP contribution in [-0.2, 0) is 17.3 Å². The van der Waals surface area contributed by atoms with Crippen molar-refractivity contribution < 1.29 is 22.6 Å². The summed E-state index contributed by atoms with van der Waals surface area (Å²) in [7, 11) is 1.56. The Bertz CT molecular complexity index is 1150. The summed E-state index contributed by atoms with van der Waals surface area (Å²) >= 11 is 0. The average molecular weight is 488 g/mol. The molecule has 2 atom stereocenters. The van der Waals surface area contributed by atoms with E-state index in [1.807, 2.05) is 6.07 Å². The number of rotatable bonds is 6. The molecule has 2 aliphatic heterocycles. The highest BCUT2D eigenvalue weighted by Gasteiger charge is 2.44. The molecule has 1 spiro atoms. The van der Waals surface area contributed by atoms with Gasteiger partial charge in [0, 0.05) is 24.6 Å². The van der Waals surface area contributed by atoms with E-state index in [4.69, 9.17) is 9.47 Å². The molecule has 2 aromatic carbocycles. The first kappa shape index (κ1) is 23.7. The predicted octanol–water partition coefficient (Wildman–Crippen LogP) is 4.27. The fraction of sp³-hybridized carbons (Fsp3) is 0.480. The first-order valence-corrected chi connectivity index (χ1v) is 11.8. The maximum Gasteiger partial charge on any atom is 0.453 e. The van der Waals surface area contributed by atoms with E-state index >= 15 is 0 Å². The summed E-state index contributed by atoms with van der Waals surface area (Å²) < 4.78 is 52.7. The first-order valence-electron chi connectivity index (χ1n) is 11.8. The largest absolute Gasteiger partial charge is 0.496 e. The fourth-order valence-corrected chi connectivity index (χ4v) is 5.35. The molecule has 0 saturated carbocycles. The zero-order valence-electron chi connectivity index (χ0n) is 19.5. The Morgan fingerprint density at radius 3 is 2.77 bits per heavy atom. The summed E-state index contributed by atoms with van der Waals surface area (Å²) in [5.74, 6) is -0.531. The van der Waals surface area contributed by atoms with Gasteiger partial charge in [-0.15, -0.1) is 5.10 Å². The molecule has 0 N–H and O–H groups in total. The molecule has 186 valence electrons. The van der Waals surface area contributed by atoms with Gasteiger partial charge in [0.05, 0.1) is 25.0 Å². The highest BCUT2D eigenvalue weighted by Crippen LogP contribution is 2.44. The number of alkyl halides is 3. The number of methoxy groups -OCH3 is 1. The molecule has 1 aromatic heterocycles. The van der Waals surface area contributed by atoms with E-state index in [0.29, 0.717) is 12.4 Å². The Hall–Kier alpha value is -2.98. The topological polar surface area (TPSA) is 65.3 Å². The molecular weight excluding hydrogens is 459 g/mol. The lowest BCUT2D eigenvalue weighted by molar-refractivity contribution is -0.146. The number of likely N-dealkylation sites (tertiary alicyclic amines) is 1. The maximum absolute atomic E-state index is 13.3. The minimum atomic E-state index is -4.66. The Balaban J connectivity index is 1.33. The van der Waals surface area contributed by atoms with E-state index in [1.165, 1.54) is 11.6 Å². The van der Waals surface area contributed by atoms with Crippen LogP contribution in [0.1, 0.15) is 42.1 Å². The van der Waals surface area contributed by atoms with Gasteiger partial charge < -0.3 is 14.4 Å². The number of halogens is 3. The lowest BCUT2D eigenvalue weighted by atomic mass is 9.83. The number of tetrazole rings is 1. The van der Waals surface area contributed by atoms with Crippen LogP contribution >= 0.6 is 0 Å². The van der Waals surface area contributed by atoms with Crippen LogP contribution in [0.3, 0.4) is 0 Å². The Morgan fingerprint density at radius 1 is 1.17 bits per heavy atom. The summed E-state index contributed by atoms with van der Waals surface area (Å²) in [5, 5.41) is 9.97. The third-order valence-corrected chi connectivity index (χ3v) is 7.01. The van der Waals surface area contributed by atoms with Crippen LogP contribution in [0.25, 0.3) is 5.69 Å². The normalized spacial score (nSPS) is 23.1. The molecule has 5 rings (SSSR count). The Morgan fingerprint density at radius 2 is 2.00 bits per heavy atom. The number of hydrogen-bond donors (Lipinski definition) is 0. The van der Waals surface area contributed by atoms with Gasteiger partial charge in [0.15, 0.2) is 0 Å². The van der Waals surface area contributed by atoms with Crippen LogP contribution in [0.2, 0.25) is 0 Å². The second-order valence-electron chi connectivity index (χ2n) is 9.35. The van der Waals surface area contributed by atoms with Crippen LogP contribution in [0, 0.1) is 0 Å². The summed E-state index contributed by atoms with van der Waals surface area (Å²) in [6, 6.07) is 15.3. The molecule has 35 heavy (non-hydrogen) atoms. The monoisotopic (exact) mass is 487 g/mol. The third-order valence-electron chi connectivity index (χ3n) is 7.01. The lowest BCUT2D eigenvalue weighted by Gasteiger charge is -2.40. The van der Waals surface area contributed by atoms with Gasteiger partial charge >= 0.3 is 6.18 Å². The predicted molar refractivity (Wildman–Crippen MR) is 123 cm³/mol. The number of aromatic nitrogens is 4. The summed E-state index contributed by atoms with van der Waals surface area (Å²) in [6.45, 7) is 3.36. The molecule has 2 fully saturated rings. The van der Waals surface area contributed by atoms with E-state index < -0.39 is 12.0 Å². The molecule has 3 heterocycles. The SMILES string of the molecule is COc1ccc(-n2nnnc2C(F)(F)F)cc1[C@@H]1CO[C@]2(CCCN(CCc3ccccc3)C2)C1. The van der Waals surface area contributed by atoms with Gasteiger partial charge in [-0.05, 0) is 66.4 Å². The average Bonchev–Trinajstić information content (AvgIpc) is 3.51. The quantitative estimate of drug-likeness (QED) is 0.518. The smallest absolute Gasteiger partial charge is 0.453 e. The molecular formula is C25H28F3N5O2. The highest BCUT2D eigenvalue weighted by atomic mass is 19.4. The molecule has 0 unspecified atom stereocenters. The molecule has 2 aliphatic rings. The Labute approximate surface area is 201 Å². The zero-order valence-corrected chi connectivity index (χ0v) is 19.5. The molecule has 2 saturated heterocycles. The van der Waals surface area contributed by atoms with Crippen LogP contribution in [0.5, 0.6) is 5.75 Å². The third kappa shape index (κ3) is 5.04. The second kappa shape index (κ2) is 9.58. The molecule has 0 radical (unpaired) electrons. The lowest BCUT2D eigenvalue weighted by Crippen LogP contribution is -2.48. The fourth-order valence-electron chi connectivity index (χ4n) is 5.35. The van der Waals surface area contributed by atoms with Crippen molar-refractivity contribution in [2.24, 2.45) is 0 Å². The minimum Gasteiger partial charge on any atom is -0.496 e. The van der Waals surface area contributed by atoms with Crippen LogP contribution in [0.4, 0.5) is 13.2 Å². The van der Waals surface area contributed by atoms with Crippen molar-refractivity contribution in [1.29, 1.82) is 0 Å². The van der Waals surface area contributed by atoms with E-state index in [1.54, 1.807) is 19.2 Å². The van der Waals surface area contributed by atoms with Crippen molar-refractivity contribution in [2.75, 3.05) is 33.4 Å². The van der Waals surface area contributed by atoms with E-state index in [0.717, 1.165) is 55.6 Å². The number of nitrogens with zero attached hydrogens (tertiary/aromatic N) is 5. The number of hydrogen-bond acceptors (Lipinski definition) is 6. The van der Waals surface area contributed by atoms with E-state index in [9.17, 15) is 13.2 Å². The number of piperidine rings is 1. The minimum absolute atomic E-state index is 0.00444. The van der Waals surface area contributed by atoms with Crippen molar-refractivity contribution in [1.82, 2.24) is 25.1 Å². The van der Waals surface area contributed by atoms with Crippen molar-refractivity contribution in [3.63, 3.8) is 0 Å². The van der Waals surface area contributed by atoms with E-state index in [-0.39, 0.29) is 17.2 Å². The molecule has 10 heteroatoms. The van der Waals surface area contributed by atoms with Crippen molar-refractivity contribution in [2.45, 2.75) is 43.4 Å². The van der Waals surface area contributed by atoms with Gasteiger partial charge in [-0.1, -0.05) is 30.3 Å². The summed E-state index contributed by atoms with van der Waals surface area (Å²) in [5.41, 5.74) is 2.12. The van der Waals surface area contributed by atoms with E-state index in [2.05, 4.69) is 44.7 Å². The van der Waals surface area contributed by atoms with Crippen LogP contribution < -0.4 is 4.74 Å². The van der Waals surface area contributed by atoms with Gasteiger partial charge in [0.1, 0.15) is 5.75 Å². The first-order chi connectivity index (χ1) is 16.9. The van der Waals surface area contributed by atoms with Crippen molar-refractivity contribution in [3.05, 3.63) is 65.5 Å². The molecule has 7 nitrogen and oxygen atoms in total. The van der Waals surface area contributed by atoms with Gasteiger partial charge in [0.2, 0.25) is 0 Å². The zero-order chi connectivity index (χ0) is 24.5. The molecule has 0 aliphatic carbocycles.